The highest BCUT2D eigenvalue weighted by Crippen LogP contribution is 2.36. The van der Waals surface area contributed by atoms with Crippen molar-refractivity contribution in [2.45, 2.75) is 72.1 Å². The topological polar surface area (TPSA) is 106 Å². The first-order valence-corrected chi connectivity index (χ1v) is 12.0. The maximum atomic E-state index is 13.7. The van der Waals surface area contributed by atoms with Crippen molar-refractivity contribution in [2.24, 2.45) is 5.73 Å². The van der Waals surface area contributed by atoms with Crippen LogP contribution in [0.25, 0.3) is 11.5 Å². The molecule has 1 amide bonds. The second kappa shape index (κ2) is 8.16. The van der Waals surface area contributed by atoms with E-state index in [0.717, 1.165) is 48.8 Å². The first-order valence-electron chi connectivity index (χ1n) is 12.0. The van der Waals surface area contributed by atoms with E-state index < -0.39 is 5.54 Å². The summed E-state index contributed by atoms with van der Waals surface area (Å²) < 4.78 is 2.01. The quantitative estimate of drug-likeness (QED) is 0.622. The van der Waals surface area contributed by atoms with Gasteiger partial charge in [-0.3, -0.25) is 9.69 Å². The molecule has 1 saturated heterocycles. The fourth-order valence-corrected chi connectivity index (χ4v) is 5.07. The highest BCUT2D eigenvalue weighted by molar-refractivity contribution is 6.10. The molecule has 0 radical (unpaired) electrons. The van der Waals surface area contributed by atoms with Crippen molar-refractivity contribution < 1.29 is 4.79 Å². The van der Waals surface area contributed by atoms with E-state index in [-0.39, 0.29) is 5.91 Å². The summed E-state index contributed by atoms with van der Waals surface area (Å²) in [4.78, 5) is 27.4. The van der Waals surface area contributed by atoms with Crippen LogP contribution in [-0.2, 0) is 18.6 Å². The fraction of sp³-hybridized carbons (Fsp3) is 0.480. The number of anilines is 2. The second-order valence-electron chi connectivity index (χ2n) is 9.85. The molecule has 0 aliphatic carbocycles. The van der Waals surface area contributed by atoms with Crippen LogP contribution in [-0.4, -0.2) is 43.2 Å². The number of fused-ring (bicyclic) bond motifs is 1. The van der Waals surface area contributed by atoms with E-state index >= 15 is 0 Å². The fourth-order valence-electron chi connectivity index (χ4n) is 5.07. The number of hydrogen-bond acceptors (Lipinski definition) is 7. The van der Waals surface area contributed by atoms with Crippen molar-refractivity contribution in [1.82, 2.24) is 24.7 Å². The maximum absolute atomic E-state index is 13.7. The summed E-state index contributed by atoms with van der Waals surface area (Å²) in [5, 5.41) is 8.50. The Labute approximate surface area is 200 Å². The molecule has 0 bridgehead atoms. The van der Waals surface area contributed by atoms with Gasteiger partial charge in [0.15, 0.2) is 5.82 Å². The summed E-state index contributed by atoms with van der Waals surface area (Å²) in [6.45, 7) is 12.1. The van der Waals surface area contributed by atoms with Crippen LogP contribution in [0.4, 0.5) is 11.6 Å². The van der Waals surface area contributed by atoms with E-state index in [0.29, 0.717) is 35.5 Å². The predicted octanol–water partition coefficient (Wildman–Crippen LogP) is 3.41. The molecule has 5 heterocycles. The number of pyridine rings is 2. The lowest BCUT2D eigenvalue weighted by molar-refractivity contribution is 0.0996. The molecule has 2 N–H and O–H groups in total. The SMILES string of the molecule is CCn1c(C)nnc1-c1cccc(N2Cc3c(cc(N4CCC[C@H]4C)nc3C(C)(C)N)C2=O)n1. The number of carbonyl (C=O) groups excluding carboxylic acids is 1. The van der Waals surface area contributed by atoms with Gasteiger partial charge in [0, 0.05) is 24.7 Å². The number of carbonyl (C=O) groups is 1. The standard InChI is InChI=1S/C25H32N8O/c1-6-31-16(3)29-30-23(31)19-10-7-11-20(27-19)33-14-18-17(24(33)34)13-21(28-22(18)25(4,5)26)32-12-8-9-15(32)2/h7,10-11,13,15H,6,8-9,12,14,26H2,1-5H3/t15-/m1/s1. The summed E-state index contributed by atoms with van der Waals surface area (Å²) in [6, 6.07) is 7.99. The number of aryl methyl sites for hydroxylation is 1. The minimum Gasteiger partial charge on any atom is -0.354 e. The van der Waals surface area contributed by atoms with Gasteiger partial charge in [-0.15, -0.1) is 10.2 Å². The molecular formula is C25H32N8O. The zero-order valence-corrected chi connectivity index (χ0v) is 20.5. The Morgan fingerprint density at radius 1 is 1.18 bits per heavy atom. The van der Waals surface area contributed by atoms with E-state index in [2.05, 4.69) is 22.0 Å². The summed E-state index contributed by atoms with van der Waals surface area (Å²) in [5.41, 5.74) is 8.88. The zero-order chi connectivity index (χ0) is 24.2. The Hall–Kier alpha value is -3.33. The minimum absolute atomic E-state index is 0.0752. The van der Waals surface area contributed by atoms with Gasteiger partial charge in [0.2, 0.25) is 0 Å². The van der Waals surface area contributed by atoms with E-state index in [1.165, 1.54) is 0 Å². The van der Waals surface area contributed by atoms with Crippen molar-refractivity contribution in [1.29, 1.82) is 0 Å². The maximum Gasteiger partial charge on any atom is 0.260 e. The van der Waals surface area contributed by atoms with E-state index in [4.69, 9.17) is 15.7 Å². The molecule has 34 heavy (non-hydrogen) atoms. The molecule has 3 aromatic rings. The smallest absolute Gasteiger partial charge is 0.260 e. The van der Waals surface area contributed by atoms with Crippen LogP contribution in [0, 0.1) is 6.92 Å². The highest BCUT2D eigenvalue weighted by Gasteiger charge is 2.37. The van der Waals surface area contributed by atoms with Crippen LogP contribution in [0.15, 0.2) is 24.3 Å². The molecule has 9 nitrogen and oxygen atoms in total. The van der Waals surface area contributed by atoms with Crippen LogP contribution < -0.4 is 15.5 Å². The molecule has 2 aliphatic rings. The van der Waals surface area contributed by atoms with Crippen LogP contribution in [0.1, 0.15) is 68.0 Å². The third kappa shape index (κ3) is 3.64. The Morgan fingerprint density at radius 2 is 1.97 bits per heavy atom. The van der Waals surface area contributed by atoms with Gasteiger partial charge in [0.1, 0.15) is 23.2 Å². The number of aromatic nitrogens is 5. The molecule has 9 heteroatoms. The van der Waals surface area contributed by atoms with Gasteiger partial charge in [-0.1, -0.05) is 6.07 Å². The van der Waals surface area contributed by atoms with Crippen molar-refractivity contribution in [3.05, 3.63) is 46.9 Å². The highest BCUT2D eigenvalue weighted by atomic mass is 16.2. The van der Waals surface area contributed by atoms with Gasteiger partial charge < -0.3 is 15.2 Å². The number of amides is 1. The molecule has 0 unspecified atom stereocenters. The first kappa shape index (κ1) is 22.5. The lowest BCUT2D eigenvalue weighted by Gasteiger charge is -2.27. The zero-order valence-electron chi connectivity index (χ0n) is 20.5. The summed E-state index contributed by atoms with van der Waals surface area (Å²) >= 11 is 0. The van der Waals surface area contributed by atoms with Crippen molar-refractivity contribution in [2.75, 3.05) is 16.3 Å². The van der Waals surface area contributed by atoms with Crippen LogP contribution in [0.5, 0.6) is 0 Å². The summed E-state index contributed by atoms with van der Waals surface area (Å²) in [5.74, 6) is 2.87. The molecule has 1 fully saturated rings. The van der Waals surface area contributed by atoms with Gasteiger partial charge in [-0.25, -0.2) is 9.97 Å². The van der Waals surface area contributed by atoms with Gasteiger partial charge in [-0.2, -0.15) is 0 Å². The monoisotopic (exact) mass is 460 g/mol. The molecule has 0 spiro atoms. The number of hydrogen-bond donors (Lipinski definition) is 1. The average Bonchev–Trinajstić information content (AvgIpc) is 3.49. The minimum atomic E-state index is -0.677. The van der Waals surface area contributed by atoms with Gasteiger partial charge in [0.25, 0.3) is 5.91 Å². The third-order valence-corrected chi connectivity index (χ3v) is 6.85. The molecule has 178 valence electrons. The Balaban J connectivity index is 1.56. The van der Waals surface area contributed by atoms with Crippen LogP contribution >= 0.6 is 0 Å². The molecule has 5 rings (SSSR count). The number of nitrogens with two attached hydrogens (primary N) is 1. The molecule has 0 aromatic carbocycles. The summed E-state index contributed by atoms with van der Waals surface area (Å²) in [7, 11) is 0. The largest absolute Gasteiger partial charge is 0.354 e. The third-order valence-electron chi connectivity index (χ3n) is 6.85. The molecule has 2 aliphatic heterocycles. The van der Waals surface area contributed by atoms with Gasteiger partial charge >= 0.3 is 0 Å². The number of nitrogens with zero attached hydrogens (tertiary/aromatic N) is 7. The molecule has 1 atom stereocenters. The van der Waals surface area contributed by atoms with Gasteiger partial charge in [-0.05, 0) is 65.7 Å². The van der Waals surface area contributed by atoms with E-state index in [1.54, 1.807) is 4.90 Å². The van der Waals surface area contributed by atoms with Crippen molar-refractivity contribution in [3.63, 3.8) is 0 Å². The Bertz CT molecular complexity index is 1260. The van der Waals surface area contributed by atoms with Crippen LogP contribution in [0.2, 0.25) is 0 Å². The Kier molecular flexibility index (Phi) is 5.39. The van der Waals surface area contributed by atoms with Gasteiger partial charge in [0.05, 0.1) is 23.3 Å². The first-order chi connectivity index (χ1) is 16.2. The van der Waals surface area contributed by atoms with E-state index in [1.807, 2.05) is 56.5 Å². The van der Waals surface area contributed by atoms with E-state index in [9.17, 15) is 4.79 Å². The lowest BCUT2D eigenvalue weighted by atomic mass is 9.94. The predicted molar refractivity (Wildman–Crippen MR) is 132 cm³/mol. The lowest BCUT2D eigenvalue weighted by Crippen LogP contribution is -2.34. The average molecular weight is 461 g/mol. The normalized spacial score (nSPS) is 18.2. The molecule has 3 aromatic heterocycles. The van der Waals surface area contributed by atoms with Crippen molar-refractivity contribution in [3.8, 4) is 11.5 Å². The molecule has 0 saturated carbocycles. The number of rotatable bonds is 5. The molecular weight excluding hydrogens is 428 g/mol. The van der Waals surface area contributed by atoms with Crippen LogP contribution in [0.3, 0.4) is 0 Å². The Morgan fingerprint density at radius 3 is 2.65 bits per heavy atom. The summed E-state index contributed by atoms with van der Waals surface area (Å²) in [6.07, 6.45) is 2.25. The van der Waals surface area contributed by atoms with Crippen molar-refractivity contribution >= 4 is 17.5 Å². The second-order valence-corrected chi connectivity index (χ2v) is 9.85.